The molecule has 1 aromatic heterocycles. The predicted octanol–water partition coefficient (Wildman–Crippen LogP) is 7.24. The van der Waals surface area contributed by atoms with Crippen LogP contribution in [0.2, 0.25) is 0 Å². The van der Waals surface area contributed by atoms with Gasteiger partial charge < -0.3 is 10.4 Å². The van der Waals surface area contributed by atoms with Gasteiger partial charge in [-0.3, -0.25) is 9.48 Å². The van der Waals surface area contributed by atoms with Crippen molar-refractivity contribution in [3.8, 4) is 11.1 Å². The molecule has 0 spiro atoms. The Labute approximate surface area is 236 Å². The van der Waals surface area contributed by atoms with Gasteiger partial charge in [-0.05, 0) is 77.7 Å². The van der Waals surface area contributed by atoms with E-state index in [1.54, 1.807) is 25.1 Å². The molecule has 1 amide bonds. The summed E-state index contributed by atoms with van der Waals surface area (Å²) in [7, 11) is 0. The Morgan fingerprint density at radius 1 is 0.929 bits per heavy atom. The molecule has 5 aromatic rings. The normalized spacial score (nSPS) is 12.3. The molecule has 42 heavy (non-hydrogen) atoms. The average molecular weight is 580 g/mol. The van der Waals surface area contributed by atoms with Gasteiger partial charge in [0.25, 0.3) is 5.91 Å². The number of aromatic carboxylic acids is 1. The van der Waals surface area contributed by atoms with Gasteiger partial charge in [0, 0.05) is 11.5 Å². The number of carboxylic acids is 1. The lowest BCUT2D eigenvalue weighted by molar-refractivity contribution is -0.137. The third-order valence-corrected chi connectivity index (χ3v) is 6.77. The van der Waals surface area contributed by atoms with Gasteiger partial charge in [-0.2, -0.15) is 18.3 Å². The molecule has 1 heterocycles. The highest BCUT2D eigenvalue weighted by Crippen LogP contribution is 2.32. The maximum Gasteiger partial charge on any atom is 0.416 e. The lowest BCUT2D eigenvalue weighted by Crippen LogP contribution is -2.27. The molecule has 0 saturated heterocycles. The first-order valence-corrected chi connectivity index (χ1v) is 12.7. The van der Waals surface area contributed by atoms with Crippen molar-refractivity contribution in [1.29, 1.82) is 0 Å². The number of nitrogens with zero attached hydrogens (tertiary/aromatic N) is 2. The van der Waals surface area contributed by atoms with Crippen LogP contribution in [0, 0.1) is 11.6 Å². The molecule has 1 atom stereocenters. The van der Waals surface area contributed by atoms with E-state index in [0.717, 1.165) is 30.3 Å². The highest BCUT2D eigenvalue weighted by atomic mass is 19.4. The van der Waals surface area contributed by atoms with Crippen molar-refractivity contribution in [3.63, 3.8) is 0 Å². The second-order valence-corrected chi connectivity index (χ2v) is 9.74. The van der Waals surface area contributed by atoms with Crippen molar-refractivity contribution in [2.24, 2.45) is 0 Å². The Morgan fingerprint density at radius 2 is 1.60 bits per heavy atom. The van der Waals surface area contributed by atoms with E-state index in [1.807, 2.05) is 0 Å². The largest absolute Gasteiger partial charge is 0.478 e. The van der Waals surface area contributed by atoms with E-state index in [9.17, 15) is 31.5 Å². The van der Waals surface area contributed by atoms with Gasteiger partial charge in [-0.15, -0.1) is 0 Å². The highest BCUT2D eigenvalue weighted by Gasteiger charge is 2.30. The Hall–Kier alpha value is -5.06. The molecule has 0 aliphatic rings. The number of hydrogen-bond donors (Lipinski definition) is 2. The van der Waals surface area contributed by atoms with Crippen molar-refractivity contribution in [2.75, 3.05) is 0 Å². The number of aromatic nitrogens is 2. The van der Waals surface area contributed by atoms with Gasteiger partial charge in [0.05, 0.1) is 41.0 Å². The van der Waals surface area contributed by atoms with Gasteiger partial charge >= 0.3 is 12.1 Å². The third kappa shape index (κ3) is 5.99. The van der Waals surface area contributed by atoms with E-state index in [4.69, 9.17) is 5.11 Å². The number of carboxylic acid groups (broad SMARTS) is 1. The number of carbonyl (C=O) groups excluding carboxylic acids is 1. The molecule has 11 heteroatoms. The number of amides is 1. The van der Waals surface area contributed by atoms with Crippen LogP contribution < -0.4 is 5.32 Å². The monoisotopic (exact) mass is 579 g/mol. The van der Waals surface area contributed by atoms with Crippen molar-refractivity contribution < 1.29 is 36.6 Å². The van der Waals surface area contributed by atoms with E-state index in [0.29, 0.717) is 27.6 Å². The summed E-state index contributed by atoms with van der Waals surface area (Å²) in [5.74, 6) is -3.30. The minimum absolute atomic E-state index is 0.0747. The van der Waals surface area contributed by atoms with Crippen molar-refractivity contribution in [3.05, 3.63) is 125 Å². The lowest BCUT2D eigenvalue weighted by Gasteiger charge is -2.17. The van der Waals surface area contributed by atoms with Gasteiger partial charge in [-0.25, -0.2) is 13.6 Å². The summed E-state index contributed by atoms with van der Waals surface area (Å²) in [6.07, 6.45) is -3.12. The van der Waals surface area contributed by atoms with Gasteiger partial charge in [0.2, 0.25) is 0 Å². The summed E-state index contributed by atoms with van der Waals surface area (Å²) in [4.78, 5) is 24.9. The van der Waals surface area contributed by atoms with E-state index in [2.05, 4.69) is 10.4 Å². The molecule has 0 unspecified atom stereocenters. The topological polar surface area (TPSA) is 84.2 Å². The minimum Gasteiger partial charge on any atom is -0.478 e. The molecular formula is C31H22F5N3O3. The van der Waals surface area contributed by atoms with Crippen LogP contribution in [0.25, 0.3) is 22.0 Å². The quantitative estimate of drug-likeness (QED) is 0.199. The number of hydrogen-bond acceptors (Lipinski definition) is 3. The van der Waals surface area contributed by atoms with E-state index in [-0.39, 0.29) is 23.2 Å². The summed E-state index contributed by atoms with van der Waals surface area (Å²) in [5.41, 5.74) is 1.04. The summed E-state index contributed by atoms with van der Waals surface area (Å²) in [5, 5.41) is 16.7. The summed E-state index contributed by atoms with van der Waals surface area (Å²) in [6, 6.07) is 16.1. The van der Waals surface area contributed by atoms with Crippen LogP contribution in [0.1, 0.15) is 50.4 Å². The summed E-state index contributed by atoms with van der Waals surface area (Å²) >= 11 is 0. The molecule has 0 radical (unpaired) electrons. The zero-order valence-corrected chi connectivity index (χ0v) is 21.9. The van der Waals surface area contributed by atoms with Gasteiger partial charge in [-0.1, -0.05) is 24.3 Å². The van der Waals surface area contributed by atoms with E-state index in [1.165, 1.54) is 41.2 Å². The Morgan fingerprint density at radius 3 is 2.24 bits per heavy atom. The molecule has 0 saturated carbocycles. The van der Waals surface area contributed by atoms with Gasteiger partial charge in [0.1, 0.15) is 11.6 Å². The molecule has 214 valence electrons. The molecule has 6 nitrogen and oxygen atoms in total. The number of fused-ring (bicyclic) bond motifs is 1. The number of halogens is 5. The SMILES string of the molecule is C[C@H](NC(=O)c1cc(-c2cc(F)cc(F)c2)cc2cnn(Cc3cccc(C(F)(F)F)c3)c12)c1ccc(C(=O)O)cc1. The second-order valence-electron chi connectivity index (χ2n) is 9.74. The van der Waals surface area contributed by atoms with Crippen LogP contribution in [0.5, 0.6) is 0 Å². The molecule has 0 fully saturated rings. The van der Waals surface area contributed by atoms with Crippen LogP contribution >= 0.6 is 0 Å². The van der Waals surface area contributed by atoms with E-state index >= 15 is 0 Å². The smallest absolute Gasteiger partial charge is 0.416 e. The maximum atomic E-state index is 14.0. The molecule has 0 bridgehead atoms. The first kappa shape index (κ1) is 28.5. The fraction of sp³-hybridized carbons (Fsp3) is 0.129. The van der Waals surface area contributed by atoms with Crippen molar-refractivity contribution in [1.82, 2.24) is 15.1 Å². The number of rotatable bonds is 7. The van der Waals surface area contributed by atoms with Crippen LogP contribution in [0.15, 0.2) is 85.1 Å². The average Bonchev–Trinajstić information content (AvgIpc) is 3.34. The van der Waals surface area contributed by atoms with Crippen molar-refractivity contribution in [2.45, 2.75) is 25.7 Å². The third-order valence-electron chi connectivity index (χ3n) is 6.77. The first-order chi connectivity index (χ1) is 19.9. The number of alkyl halides is 3. The number of nitrogens with one attached hydrogen (secondary N) is 1. The Bertz CT molecular complexity index is 1790. The highest BCUT2D eigenvalue weighted by molar-refractivity contribution is 6.07. The first-order valence-electron chi connectivity index (χ1n) is 12.7. The van der Waals surface area contributed by atoms with Crippen LogP contribution in [0.4, 0.5) is 22.0 Å². The second kappa shape index (κ2) is 11.1. The Balaban J connectivity index is 1.57. The zero-order chi connectivity index (χ0) is 30.2. The fourth-order valence-electron chi connectivity index (χ4n) is 4.70. The zero-order valence-electron chi connectivity index (χ0n) is 21.9. The van der Waals surface area contributed by atoms with Gasteiger partial charge in [0.15, 0.2) is 0 Å². The predicted molar refractivity (Wildman–Crippen MR) is 145 cm³/mol. The van der Waals surface area contributed by atoms with Crippen LogP contribution in [-0.2, 0) is 12.7 Å². The standard InChI is InChI=1S/C31H22F5N3O3/c1-17(19-5-7-20(8-6-19)30(41)42)38-29(40)27-13-21(22-11-25(32)14-26(33)12-22)10-23-15-37-39(28(23)27)16-18-3-2-4-24(9-18)31(34,35)36/h2-15,17H,16H2,1H3,(H,38,40)(H,41,42)/t17-/m0/s1. The molecular weight excluding hydrogens is 557 g/mol. The molecule has 5 rings (SSSR count). The van der Waals surface area contributed by atoms with Crippen molar-refractivity contribution >= 4 is 22.8 Å². The summed E-state index contributed by atoms with van der Waals surface area (Å²) < 4.78 is 69.4. The number of carbonyl (C=O) groups is 2. The van der Waals surface area contributed by atoms with E-state index < -0.39 is 41.3 Å². The minimum atomic E-state index is -4.54. The molecule has 2 N–H and O–H groups in total. The Kier molecular flexibility index (Phi) is 7.51. The molecule has 0 aliphatic carbocycles. The lowest BCUT2D eigenvalue weighted by atomic mass is 9.99. The summed E-state index contributed by atoms with van der Waals surface area (Å²) in [6.45, 7) is 1.60. The maximum absolute atomic E-state index is 14.0. The van der Waals surface area contributed by atoms with Crippen LogP contribution in [-0.4, -0.2) is 26.8 Å². The fourth-order valence-corrected chi connectivity index (χ4v) is 4.70. The molecule has 0 aliphatic heterocycles. The van der Waals surface area contributed by atoms with Crippen LogP contribution in [0.3, 0.4) is 0 Å². The molecule has 4 aromatic carbocycles. The number of benzene rings is 4.